The van der Waals surface area contributed by atoms with Crippen LogP contribution in [0, 0.1) is 0 Å². The van der Waals surface area contributed by atoms with Crippen LogP contribution in [-0.2, 0) is 11.2 Å². The van der Waals surface area contributed by atoms with Crippen LogP contribution in [-0.4, -0.2) is 39.2 Å². The molecule has 1 heterocycles. The molecule has 0 radical (unpaired) electrons. The zero-order chi connectivity index (χ0) is 16.8. The number of benzene rings is 1. The Labute approximate surface area is 142 Å². The molecule has 1 atom stereocenters. The zero-order valence-electron chi connectivity index (χ0n) is 12.2. The number of carbonyl (C=O) groups is 2. The maximum Gasteiger partial charge on any atom is 0.326 e. The van der Waals surface area contributed by atoms with E-state index in [0.29, 0.717) is 5.16 Å². The molecule has 1 aromatic carbocycles. The molecular weight excluding hydrogens is 338 g/mol. The van der Waals surface area contributed by atoms with Gasteiger partial charge in [-0.15, -0.1) is 0 Å². The Hall–Kier alpha value is -2.12. The van der Waals surface area contributed by atoms with E-state index in [0.717, 1.165) is 5.56 Å². The van der Waals surface area contributed by atoms with E-state index in [1.165, 1.54) is 18.0 Å². The van der Waals surface area contributed by atoms with Crippen LogP contribution in [0.5, 0.6) is 0 Å². The summed E-state index contributed by atoms with van der Waals surface area (Å²) in [4.78, 5) is 31.6. The Morgan fingerprint density at radius 2 is 2.04 bits per heavy atom. The summed E-state index contributed by atoms with van der Waals surface area (Å²) in [5.41, 5.74) is 0.768. The van der Waals surface area contributed by atoms with E-state index >= 15 is 0 Å². The molecule has 0 aliphatic heterocycles. The highest BCUT2D eigenvalue weighted by atomic mass is 35.5. The van der Waals surface area contributed by atoms with Crippen molar-refractivity contribution in [2.24, 2.45) is 0 Å². The lowest BCUT2D eigenvalue weighted by Crippen LogP contribution is -2.42. The second-order valence-electron chi connectivity index (χ2n) is 4.61. The average Bonchev–Trinajstić information content (AvgIpc) is 2.55. The first-order valence-corrected chi connectivity index (χ1v) is 8.25. The first-order valence-electron chi connectivity index (χ1n) is 6.65. The number of amides is 1. The molecule has 120 valence electrons. The second-order valence-corrected chi connectivity index (χ2v) is 5.79. The van der Waals surface area contributed by atoms with Gasteiger partial charge in [0.25, 0.3) is 5.91 Å². The molecule has 1 aromatic heterocycles. The van der Waals surface area contributed by atoms with E-state index in [9.17, 15) is 14.7 Å². The number of aliphatic carboxylic acids is 1. The fourth-order valence-electron chi connectivity index (χ4n) is 1.89. The van der Waals surface area contributed by atoms with Crippen LogP contribution < -0.4 is 5.32 Å². The highest BCUT2D eigenvalue weighted by molar-refractivity contribution is 7.98. The number of carboxylic acids is 1. The fourth-order valence-corrected chi connectivity index (χ4v) is 2.40. The SMILES string of the molecule is CSc1ncc(Cl)c(C(=O)N[C@@H](Cc2ccccc2)C(=O)O)n1. The molecule has 0 unspecified atom stereocenters. The third-order valence-electron chi connectivity index (χ3n) is 3.01. The fraction of sp³-hybridized carbons (Fsp3) is 0.200. The first kappa shape index (κ1) is 17.2. The highest BCUT2D eigenvalue weighted by Crippen LogP contribution is 2.16. The van der Waals surface area contributed by atoms with Gasteiger partial charge in [0.05, 0.1) is 11.2 Å². The Morgan fingerprint density at radius 3 is 2.65 bits per heavy atom. The molecule has 2 rings (SSSR count). The lowest BCUT2D eigenvalue weighted by Gasteiger charge is -2.15. The number of halogens is 1. The molecule has 0 saturated carbocycles. The van der Waals surface area contributed by atoms with Crippen molar-refractivity contribution in [1.82, 2.24) is 15.3 Å². The minimum atomic E-state index is -1.13. The molecule has 2 N–H and O–H groups in total. The Balaban J connectivity index is 2.17. The molecule has 0 aliphatic carbocycles. The summed E-state index contributed by atoms with van der Waals surface area (Å²) in [5.74, 6) is -1.77. The van der Waals surface area contributed by atoms with Gasteiger partial charge >= 0.3 is 5.97 Å². The largest absolute Gasteiger partial charge is 0.480 e. The van der Waals surface area contributed by atoms with Gasteiger partial charge in [-0.2, -0.15) is 0 Å². The van der Waals surface area contributed by atoms with Gasteiger partial charge in [0.1, 0.15) is 6.04 Å². The Kier molecular flexibility index (Phi) is 5.95. The summed E-state index contributed by atoms with van der Waals surface area (Å²) in [5, 5.41) is 12.2. The van der Waals surface area contributed by atoms with Gasteiger partial charge < -0.3 is 10.4 Å². The maximum absolute atomic E-state index is 12.3. The van der Waals surface area contributed by atoms with E-state index in [-0.39, 0.29) is 17.1 Å². The quantitative estimate of drug-likeness (QED) is 0.612. The molecule has 2 aromatic rings. The van der Waals surface area contributed by atoms with Crippen molar-refractivity contribution in [2.45, 2.75) is 17.6 Å². The average molecular weight is 352 g/mol. The number of carboxylic acid groups (broad SMARTS) is 1. The van der Waals surface area contributed by atoms with Crippen LogP contribution in [0.15, 0.2) is 41.7 Å². The molecule has 8 heteroatoms. The van der Waals surface area contributed by atoms with Crippen LogP contribution >= 0.6 is 23.4 Å². The molecule has 0 aliphatic rings. The minimum absolute atomic E-state index is 0.0367. The van der Waals surface area contributed by atoms with Crippen LogP contribution in [0.25, 0.3) is 0 Å². The van der Waals surface area contributed by atoms with Gasteiger partial charge in [-0.1, -0.05) is 53.7 Å². The number of carbonyl (C=O) groups excluding carboxylic acids is 1. The van der Waals surface area contributed by atoms with Crippen molar-refractivity contribution in [1.29, 1.82) is 0 Å². The third-order valence-corrected chi connectivity index (χ3v) is 3.84. The van der Waals surface area contributed by atoms with Gasteiger partial charge in [0.15, 0.2) is 10.9 Å². The minimum Gasteiger partial charge on any atom is -0.480 e. The summed E-state index contributed by atoms with van der Waals surface area (Å²) in [6.45, 7) is 0. The molecule has 23 heavy (non-hydrogen) atoms. The summed E-state index contributed by atoms with van der Waals surface area (Å²) in [7, 11) is 0. The van der Waals surface area contributed by atoms with Crippen molar-refractivity contribution < 1.29 is 14.7 Å². The van der Waals surface area contributed by atoms with Gasteiger partial charge in [-0.25, -0.2) is 14.8 Å². The monoisotopic (exact) mass is 351 g/mol. The normalized spacial score (nSPS) is 11.7. The number of nitrogens with zero attached hydrogens (tertiary/aromatic N) is 2. The van der Waals surface area contributed by atoms with E-state index in [1.807, 2.05) is 18.2 Å². The van der Waals surface area contributed by atoms with Gasteiger partial charge in [-0.05, 0) is 11.8 Å². The topological polar surface area (TPSA) is 92.2 Å². The summed E-state index contributed by atoms with van der Waals surface area (Å²) < 4.78 is 0. The number of hydrogen-bond donors (Lipinski definition) is 2. The van der Waals surface area contributed by atoms with Crippen LogP contribution in [0.4, 0.5) is 0 Å². The van der Waals surface area contributed by atoms with E-state index < -0.39 is 17.9 Å². The molecule has 0 bridgehead atoms. The molecule has 0 fully saturated rings. The molecule has 6 nitrogen and oxygen atoms in total. The van der Waals surface area contributed by atoms with Gasteiger partial charge in [0, 0.05) is 6.42 Å². The first-order chi connectivity index (χ1) is 11.0. The maximum atomic E-state index is 12.3. The number of aromatic nitrogens is 2. The van der Waals surface area contributed by atoms with Crippen LogP contribution in [0.3, 0.4) is 0 Å². The second kappa shape index (κ2) is 7.94. The molecule has 1 amide bonds. The van der Waals surface area contributed by atoms with E-state index in [4.69, 9.17) is 11.6 Å². The van der Waals surface area contributed by atoms with Crippen molar-refractivity contribution in [3.8, 4) is 0 Å². The lowest BCUT2D eigenvalue weighted by molar-refractivity contribution is -0.139. The van der Waals surface area contributed by atoms with E-state index in [2.05, 4.69) is 15.3 Å². The lowest BCUT2D eigenvalue weighted by atomic mass is 10.1. The summed E-state index contributed by atoms with van der Waals surface area (Å²) in [6.07, 6.45) is 3.25. The van der Waals surface area contributed by atoms with Gasteiger partial charge in [0.2, 0.25) is 0 Å². The van der Waals surface area contributed by atoms with E-state index in [1.54, 1.807) is 18.4 Å². The summed E-state index contributed by atoms with van der Waals surface area (Å²) >= 11 is 7.19. The Morgan fingerprint density at radius 1 is 1.35 bits per heavy atom. The number of thioether (sulfide) groups is 1. The summed E-state index contributed by atoms with van der Waals surface area (Å²) in [6, 6.07) is 7.97. The van der Waals surface area contributed by atoms with Crippen molar-refractivity contribution in [3.05, 3.63) is 52.8 Å². The molecule has 0 saturated heterocycles. The number of rotatable bonds is 6. The van der Waals surface area contributed by atoms with Crippen molar-refractivity contribution in [3.63, 3.8) is 0 Å². The predicted molar refractivity (Wildman–Crippen MR) is 87.9 cm³/mol. The van der Waals surface area contributed by atoms with Crippen molar-refractivity contribution in [2.75, 3.05) is 6.26 Å². The third kappa shape index (κ3) is 4.67. The predicted octanol–water partition coefficient (Wildman–Crippen LogP) is 2.28. The van der Waals surface area contributed by atoms with Gasteiger partial charge in [-0.3, -0.25) is 4.79 Å². The number of nitrogens with one attached hydrogen (secondary N) is 1. The smallest absolute Gasteiger partial charge is 0.326 e. The standard InChI is InChI=1S/C15H14ClN3O3S/c1-23-15-17-8-10(16)12(19-15)13(20)18-11(14(21)22)7-9-5-3-2-4-6-9/h2-6,8,11H,7H2,1H3,(H,18,20)(H,21,22)/t11-/m0/s1. The van der Waals surface area contributed by atoms with Crippen LogP contribution in [0.2, 0.25) is 5.02 Å². The van der Waals surface area contributed by atoms with Crippen LogP contribution in [0.1, 0.15) is 16.1 Å². The highest BCUT2D eigenvalue weighted by Gasteiger charge is 2.23. The Bertz CT molecular complexity index is 712. The van der Waals surface area contributed by atoms with Crippen molar-refractivity contribution >= 4 is 35.2 Å². The number of hydrogen-bond acceptors (Lipinski definition) is 5. The zero-order valence-corrected chi connectivity index (χ0v) is 13.8. The molecular formula is C15H14ClN3O3S. The molecule has 0 spiro atoms.